The van der Waals surface area contributed by atoms with Crippen LogP contribution in [0.2, 0.25) is 0 Å². The third kappa shape index (κ3) is 7.40. The van der Waals surface area contributed by atoms with Crippen LogP contribution >= 0.6 is 0 Å². The zero-order chi connectivity index (χ0) is 28.7. The van der Waals surface area contributed by atoms with Crippen LogP contribution in [0, 0.1) is 0 Å². The summed E-state index contributed by atoms with van der Waals surface area (Å²) in [6, 6.07) is 18.9. The van der Waals surface area contributed by atoms with Crippen LogP contribution in [0.3, 0.4) is 0 Å². The Balaban J connectivity index is 1.26. The average Bonchev–Trinajstić information content (AvgIpc) is 2.97. The molecule has 1 fully saturated rings. The van der Waals surface area contributed by atoms with E-state index in [2.05, 4.69) is 10.6 Å². The van der Waals surface area contributed by atoms with Crippen LogP contribution in [0.15, 0.2) is 72.8 Å². The first-order valence-corrected chi connectivity index (χ1v) is 12.9. The molecule has 3 aromatic rings. The third-order valence-electron chi connectivity index (χ3n) is 6.88. The Bertz CT molecular complexity index is 1340. The van der Waals surface area contributed by atoms with Gasteiger partial charge in [0.15, 0.2) is 0 Å². The topological polar surface area (TPSA) is 87.7 Å². The van der Waals surface area contributed by atoms with Crippen molar-refractivity contribution in [3.05, 3.63) is 95.1 Å². The molecule has 210 valence electrons. The molecule has 0 radical (unpaired) electrons. The lowest BCUT2D eigenvalue weighted by atomic mass is 9.89. The summed E-state index contributed by atoms with van der Waals surface area (Å²) in [5, 5.41) is 5.41. The fraction of sp³-hybridized carbons (Fsp3) is 0.300. The van der Waals surface area contributed by atoms with Gasteiger partial charge in [-0.2, -0.15) is 13.2 Å². The monoisotopic (exact) mass is 553 g/mol. The van der Waals surface area contributed by atoms with Crippen LogP contribution in [-0.4, -0.2) is 49.4 Å². The molecule has 3 aromatic carbocycles. The van der Waals surface area contributed by atoms with Crippen molar-refractivity contribution in [1.29, 1.82) is 0 Å². The SMILES string of the molecule is COc1cc(C(=O)Nc2ccc(C3CCN(C(=O)CCNC(=O)c4ccccc4)CC3)cc2)cc(C(F)(F)F)c1. The summed E-state index contributed by atoms with van der Waals surface area (Å²) in [4.78, 5) is 39.2. The number of benzene rings is 3. The summed E-state index contributed by atoms with van der Waals surface area (Å²) in [6.45, 7) is 1.48. The summed E-state index contributed by atoms with van der Waals surface area (Å²) < 4.78 is 44.5. The zero-order valence-electron chi connectivity index (χ0n) is 22.0. The standard InChI is InChI=1S/C30H30F3N3O4/c1-40-26-18-23(17-24(19-26)30(31,32)33)29(39)35-25-9-7-20(8-10-25)21-12-15-36(16-13-21)27(37)11-14-34-28(38)22-5-3-2-4-6-22/h2-10,17-19,21H,11-16H2,1H3,(H,34,38)(H,35,39). The number of carbonyl (C=O) groups excluding carboxylic acids is 3. The number of halogens is 3. The minimum Gasteiger partial charge on any atom is -0.497 e. The molecule has 0 saturated carbocycles. The maximum Gasteiger partial charge on any atom is 0.416 e. The molecule has 1 saturated heterocycles. The van der Waals surface area contributed by atoms with Crippen molar-refractivity contribution in [2.24, 2.45) is 0 Å². The van der Waals surface area contributed by atoms with Crippen molar-refractivity contribution in [2.45, 2.75) is 31.4 Å². The third-order valence-corrected chi connectivity index (χ3v) is 6.88. The highest BCUT2D eigenvalue weighted by molar-refractivity contribution is 6.04. The van der Waals surface area contributed by atoms with Gasteiger partial charge in [-0.3, -0.25) is 14.4 Å². The van der Waals surface area contributed by atoms with E-state index >= 15 is 0 Å². The number of anilines is 1. The minimum atomic E-state index is -4.61. The van der Waals surface area contributed by atoms with E-state index in [1.54, 1.807) is 36.4 Å². The second-order valence-electron chi connectivity index (χ2n) is 9.55. The van der Waals surface area contributed by atoms with Crippen LogP contribution in [0.25, 0.3) is 0 Å². The number of ether oxygens (including phenoxy) is 1. The van der Waals surface area contributed by atoms with E-state index in [4.69, 9.17) is 4.74 Å². The number of methoxy groups -OCH3 is 1. The van der Waals surface area contributed by atoms with Gasteiger partial charge >= 0.3 is 6.18 Å². The Morgan fingerprint density at radius 3 is 2.20 bits per heavy atom. The molecule has 0 aromatic heterocycles. The smallest absolute Gasteiger partial charge is 0.416 e. The molecule has 0 unspecified atom stereocenters. The molecule has 0 aliphatic carbocycles. The second kappa shape index (κ2) is 12.7. The lowest BCUT2D eigenvalue weighted by molar-refractivity contribution is -0.137. The highest BCUT2D eigenvalue weighted by Crippen LogP contribution is 2.33. The Hall–Kier alpha value is -4.34. The number of nitrogens with one attached hydrogen (secondary N) is 2. The number of nitrogens with zero attached hydrogens (tertiary/aromatic N) is 1. The molecule has 0 atom stereocenters. The van der Waals surface area contributed by atoms with Gasteiger partial charge in [0, 0.05) is 42.9 Å². The van der Waals surface area contributed by atoms with Crippen LogP contribution in [0.5, 0.6) is 5.75 Å². The van der Waals surface area contributed by atoms with Gasteiger partial charge in [-0.05, 0) is 66.8 Å². The van der Waals surface area contributed by atoms with E-state index < -0.39 is 17.6 Å². The molecular weight excluding hydrogens is 523 g/mol. The number of amides is 3. The first kappa shape index (κ1) is 28.7. The van der Waals surface area contributed by atoms with Crippen LogP contribution in [-0.2, 0) is 11.0 Å². The van der Waals surface area contributed by atoms with Gasteiger partial charge in [0.05, 0.1) is 12.7 Å². The van der Waals surface area contributed by atoms with E-state index in [-0.39, 0.29) is 42.0 Å². The summed E-state index contributed by atoms with van der Waals surface area (Å²) in [6.07, 6.45) is -2.82. The normalized spacial score (nSPS) is 13.9. The van der Waals surface area contributed by atoms with Crippen LogP contribution < -0.4 is 15.4 Å². The van der Waals surface area contributed by atoms with Crippen molar-refractivity contribution < 1.29 is 32.3 Å². The van der Waals surface area contributed by atoms with Gasteiger partial charge < -0.3 is 20.3 Å². The van der Waals surface area contributed by atoms with Gasteiger partial charge in [-0.1, -0.05) is 30.3 Å². The largest absolute Gasteiger partial charge is 0.497 e. The summed E-state index contributed by atoms with van der Waals surface area (Å²) in [5.41, 5.74) is 0.940. The van der Waals surface area contributed by atoms with Crippen molar-refractivity contribution in [1.82, 2.24) is 10.2 Å². The van der Waals surface area contributed by atoms with E-state index in [1.807, 2.05) is 23.1 Å². The molecule has 2 N–H and O–H groups in total. The summed E-state index contributed by atoms with van der Waals surface area (Å²) >= 11 is 0. The van der Waals surface area contributed by atoms with Gasteiger partial charge in [0.25, 0.3) is 11.8 Å². The van der Waals surface area contributed by atoms with Gasteiger partial charge in [-0.15, -0.1) is 0 Å². The number of hydrogen-bond donors (Lipinski definition) is 2. The summed E-state index contributed by atoms with van der Waals surface area (Å²) in [7, 11) is 1.24. The van der Waals surface area contributed by atoms with Gasteiger partial charge in [-0.25, -0.2) is 0 Å². The Labute approximate surface area is 230 Å². The minimum absolute atomic E-state index is 0.00362. The predicted octanol–water partition coefficient (Wildman–Crippen LogP) is 5.49. The zero-order valence-corrected chi connectivity index (χ0v) is 22.0. The van der Waals surface area contributed by atoms with E-state index in [0.29, 0.717) is 24.3 Å². The van der Waals surface area contributed by atoms with Crippen molar-refractivity contribution in [3.63, 3.8) is 0 Å². The maximum atomic E-state index is 13.2. The maximum absolute atomic E-state index is 13.2. The Kier molecular flexibility index (Phi) is 9.08. The van der Waals surface area contributed by atoms with Gasteiger partial charge in [0.1, 0.15) is 5.75 Å². The lowest BCUT2D eigenvalue weighted by Crippen LogP contribution is -2.39. The number of carbonyl (C=O) groups is 3. The highest BCUT2D eigenvalue weighted by Gasteiger charge is 2.32. The predicted molar refractivity (Wildman–Crippen MR) is 144 cm³/mol. The molecule has 0 bridgehead atoms. The number of rotatable bonds is 8. The number of alkyl halides is 3. The van der Waals surface area contributed by atoms with Crippen molar-refractivity contribution in [3.8, 4) is 5.75 Å². The van der Waals surface area contributed by atoms with E-state index in [1.165, 1.54) is 13.2 Å². The van der Waals surface area contributed by atoms with Crippen LogP contribution in [0.1, 0.15) is 57.0 Å². The highest BCUT2D eigenvalue weighted by atomic mass is 19.4. The molecule has 4 rings (SSSR count). The molecule has 3 amide bonds. The molecule has 0 spiro atoms. The first-order valence-electron chi connectivity index (χ1n) is 12.9. The molecule has 10 heteroatoms. The Morgan fingerprint density at radius 2 is 1.57 bits per heavy atom. The number of likely N-dealkylation sites (tertiary alicyclic amines) is 1. The fourth-order valence-corrected chi connectivity index (χ4v) is 4.65. The van der Waals surface area contributed by atoms with Crippen LogP contribution in [0.4, 0.5) is 18.9 Å². The van der Waals surface area contributed by atoms with E-state index in [0.717, 1.165) is 30.5 Å². The first-order chi connectivity index (χ1) is 19.1. The number of piperidine rings is 1. The number of hydrogen-bond acceptors (Lipinski definition) is 4. The average molecular weight is 554 g/mol. The van der Waals surface area contributed by atoms with Crippen molar-refractivity contribution >= 4 is 23.4 Å². The molecule has 40 heavy (non-hydrogen) atoms. The molecule has 7 nitrogen and oxygen atoms in total. The molecular formula is C30H30F3N3O4. The second-order valence-corrected chi connectivity index (χ2v) is 9.55. The van der Waals surface area contributed by atoms with E-state index in [9.17, 15) is 27.6 Å². The quantitative estimate of drug-likeness (QED) is 0.386. The summed E-state index contributed by atoms with van der Waals surface area (Å²) in [5.74, 6) is -0.710. The fourth-order valence-electron chi connectivity index (χ4n) is 4.65. The lowest BCUT2D eigenvalue weighted by Gasteiger charge is -2.32. The molecule has 1 heterocycles. The Morgan fingerprint density at radius 1 is 0.900 bits per heavy atom. The molecule has 1 aliphatic heterocycles. The van der Waals surface area contributed by atoms with Crippen molar-refractivity contribution in [2.75, 3.05) is 32.1 Å². The van der Waals surface area contributed by atoms with Gasteiger partial charge in [0.2, 0.25) is 5.91 Å². The molecule has 1 aliphatic rings.